The predicted molar refractivity (Wildman–Crippen MR) is 78.9 cm³/mol. The van der Waals surface area contributed by atoms with Crippen LogP contribution in [0.3, 0.4) is 0 Å². The summed E-state index contributed by atoms with van der Waals surface area (Å²) in [6.45, 7) is -0.0717. The summed E-state index contributed by atoms with van der Waals surface area (Å²) in [5.74, 6) is -0.284. The Hall–Kier alpha value is -3.02. The fraction of sp³-hybridized carbons (Fsp3) is 0.0667. The Morgan fingerprint density at radius 2 is 2.10 bits per heavy atom. The van der Waals surface area contributed by atoms with Crippen molar-refractivity contribution in [3.63, 3.8) is 0 Å². The van der Waals surface area contributed by atoms with Gasteiger partial charge in [-0.05, 0) is 24.3 Å². The van der Waals surface area contributed by atoms with Gasteiger partial charge in [-0.2, -0.15) is 0 Å². The molecule has 0 saturated carbocycles. The number of fused-ring (bicyclic) bond motifs is 1. The number of nitrogens with zero attached hydrogens (tertiary/aromatic N) is 3. The highest BCUT2D eigenvalue weighted by Gasteiger charge is 2.05. The van der Waals surface area contributed by atoms with Gasteiger partial charge in [0.05, 0.1) is 11.8 Å². The number of benzene rings is 1. The molecule has 1 aromatic carbocycles. The molecule has 3 aromatic rings. The highest BCUT2D eigenvalue weighted by molar-refractivity contribution is 5.93. The molecule has 21 heavy (non-hydrogen) atoms. The van der Waals surface area contributed by atoms with Gasteiger partial charge in [0, 0.05) is 29.5 Å². The monoisotopic (exact) mass is 280 g/mol. The van der Waals surface area contributed by atoms with Crippen molar-refractivity contribution in [3.05, 3.63) is 65.5 Å². The maximum absolute atomic E-state index is 12.0. The molecule has 0 spiro atoms. The maximum Gasteiger partial charge on any atom is 0.253 e. The summed E-state index contributed by atoms with van der Waals surface area (Å²) in [4.78, 5) is 31.5. The summed E-state index contributed by atoms with van der Waals surface area (Å²) < 4.78 is 1.25. The number of amides is 1. The number of anilines is 1. The van der Waals surface area contributed by atoms with E-state index in [1.165, 1.54) is 23.2 Å². The lowest BCUT2D eigenvalue weighted by Gasteiger charge is -2.07. The van der Waals surface area contributed by atoms with Gasteiger partial charge in [-0.15, -0.1) is 0 Å². The van der Waals surface area contributed by atoms with Crippen LogP contribution in [0.15, 0.2) is 59.9 Å². The van der Waals surface area contributed by atoms with Crippen LogP contribution in [-0.2, 0) is 11.3 Å². The fourth-order valence-corrected chi connectivity index (χ4v) is 2.01. The third-order valence-corrected chi connectivity index (χ3v) is 2.99. The zero-order chi connectivity index (χ0) is 14.7. The molecule has 0 bridgehead atoms. The summed E-state index contributed by atoms with van der Waals surface area (Å²) in [5.41, 5.74) is 1.26. The first-order valence-electron chi connectivity index (χ1n) is 6.37. The smallest absolute Gasteiger partial charge is 0.253 e. The third-order valence-electron chi connectivity index (χ3n) is 2.99. The summed E-state index contributed by atoms with van der Waals surface area (Å²) >= 11 is 0. The number of hydrogen-bond acceptors (Lipinski definition) is 4. The highest BCUT2D eigenvalue weighted by atomic mass is 16.2. The molecule has 0 aliphatic heterocycles. The van der Waals surface area contributed by atoms with Gasteiger partial charge in [0.25, 0.3) is 5.56 Å². The van der Waals surface area contributed by atoms with Crippen LogP contribution < -0.4 is 10.9 Å². The van der Waals surface area contributed by atoms with Crippen LogP contribution >= 0.6 is 0 Å². The van der Waals surface area contributed by atoms with Crippen LogP contribution in [0, 0.1) is 0 Å². The Bertz CT molecular complexity index is 857. The lowest BCUT2D eigenvalue weighted by Crippen LogP contribution is -2.26. The predicted octanol–water partition coefficient (Wildman–Crippen LogP) is 1.43. The van der Waals surface area contributed by atoms with Crippen LogP contribution in [-0.4, -0.2) is 20.4 Å². The Balaban J connectivity index is 1.77. The van der Waals surface area contributed by atoms with Gasteiger partial charge < -0.3 is 5.32 Å². The molecule has 0 atom stereocenters. The molecule has 0 fully saturated rings. The first-order chi connectivity index (χ1) is 10.2. The van der Waals surface area contributed by atoms with Crippen LogP contribution in [0.4, 0.5) is 5.69 Å². The van der Waals surface area contributed by atoms with Crippen molar-refractivity contribution in [2.45, 2.75) is 6.54 Å². The zero-order valence-electron chi connectivity index (χ0n) is 11.1. The van der Waals surface area contributed by atoms with E-state index in [0.717, 1.165) is 10.9 Å². The van der Waals surface area contributed by atoms with Crippen LogP contribution in [0.1, 0.15) is 0 Å². The second kappa shape index (κ2) is 5.54. The van der Waals surface area contributed by atoms with E-state index >= 15 is 0 Å². The number of carbonyl (C=O) groups excluding carboxylic acids is 1. The average molecular weight is 280 g/mol. The molecular formula is C15H12N4O2. The van der Waals surface area contributed by atoms with Gasteiger partial charge >= 0.3 is 0 Å². The van der Waals surface area contributed by atoms with Crippen molar-refractivity contribution in [1.29, 1.82) is 0 Å². The van der Waals surface area contributed by atoms with E-state index in [9.17, 15) is 9.59 Å². The van der Waals surface area contributed by atoms with Gasteiger partial charge in [0.1, 0.15) is 6.54 Å². The van der Waals surface area contributed by atoms with Crippen molar-refractivity contribution >= 4 is 22.5 Å². The molecule has 1 amide bonds. The minimum Gasteiger partial charge on any atom is -0.325 e. The summed E-state index contributed by atoms with van der Waals surface area (Å²) in [6, 6.07) is 10.5. The number of carbonyl (C=O) groups is 1. The molecule has 3 rings (SSSR count). The molecular weight excluding hydrogens is 268 g/mol. The lowest BCUT2D eigenvalue weighted by atomic mass is 10.2. The van der Waals surface area contributed by atoms with Crippen molar-refractivity contribution in [1.82, 2.24) is 14.5 Å². The molecule has 6 heteroatoms. The molecule has 6 nitrogen and oxygen atoms in total. The van der Waals surface area contributed by atoms with Crippen molar-refractivity contribution in [3.8, 4) is 0 Å². The molecule has 2 heterocycles. The topological polar surface area (TPSA) is 76.9 Å². The number of pyridine rings is 1. The van der Waals surface area contributed by atoms with Gasteiger partial charge in [-0.3, -0.25) is 19.1 Å². The van der Waals surface area contributed by atoms with Crippen molar-refractivity contribution in [2.24, 2.45) is 0 Å². The molecule has 104 valence electrons. The van der Waals surface area contributed by atoms with Gasteiger partial charge in [0.2, 0.25) is 5.91 Å². The third kappa shape index (κ3) is 2.94. The van der Waals surface area contributed by atoms with Crippen LogP contribution in [0.2, 0.25) is 0 Å². The first kappa shape index (κ1) is 13.0. The standard InChI is InChI=1S/C15H12N4O2/c20-14(9-19-10-16-7-5-15(19)21)18-12-3-4-13-11(8-12)2-1-6-17-13/h1-8,10H,9H2,(H,18,20). The molecule has 1 N–H and O–H groups in total. The molecule has 0 radical (unpaired) electrons. The number of rotatable bonds is 3. The van der Waals surface area contributed by atoms with E-state index in [0.29, 0.717) is 5.69 Å². The zero-order valence-corrected chi connectivity index (χ0v) is 11.1. The van der Waals surface area contributed by atoms with Gasteiger partial charge in [-0.1, -0.05) is 6.07 Å². The van der Waals surface area contributed by atoms with E-state index in [2.05, 4.69) is 15.3 Å². The van der Waals surface area contributed by atoms with Crippen LogP contribution in [0.25, 0.3) is 10.9 Å². The van der Waals surface area contributed by atoms with Gasteiger partial charge in [0.15, 0.2) is 0 Å². The Morgan fingerprint density at radius 1 is 1.19 bits per heavy atom. The Kier molecular flexibility index (Phi) is 3.42. The average Bonchev–Trinajstić information content (AvgIpc) is 2.49. The number of aromatic nitrogens is 3. The van der Waals surface area contributed by atoms with E-state index in [1.54, 1.807) is 12.3 Å². The second-order valence-electron chi connectivity index (χ2n) is 4.51. The quantitative estimate of drug-likeness (QED) is 0.787. The van der Waals surface area contributed by atoms with Crippen molar-refractivity contribution < 1.29 is 4.79 Å². The first-order valence-corrected chi connectivity index (χ1v) is 6.37. The summed E-state index contributed by atoms with van der Waals surface area (Å²) in [6.07, 6.45) is 4.45. The van der Waals surface area contributed by atoms with Crippen LogP contribution in [0.5, 0.6) is 0 Å². The molecule has 0 aliphatic rings. The second-order valence-corrected chi connectivity index (χ2v) is 4.51. The number of nitrogens with one attached hydrogen (secondary N) is 1. The minimum absolute atomic E-state index is 0.0717. The SMILES string of the molecule is O=C(Cn1cnccc1=O)Nc1ccc2ncccc2c1. The van der Waals surface area contributed by atoms with Gasteiger partial charge in [-0.25, -0.2) is 4.98 Å². The molecule has 0 unspecified atom stereocenters. The molecule has 2 aromatic heterocycles. The van der Waals surface area contributed by atoms with E-state index < -0.39 is 0 Å². The fourth-order valence-electron chi connectivity index (χ4n) is 2.01. The summed E-state index contributed by atoms with van der Waals surface area (Å²) in [7, 11) is 0. The van der Waals surface area contributed by atoms with Crippen molar-refractivity contribution in [2.75, 3.05) is 5.32 Å². The highest BCUT2D eigenvalue weighted by Crippen LogP contribution is 2.16. The Labute approximate surface area is 120 Å². The van der Waals surface area contributed by atoms with E-state index in [1.807, 2.05) is 24.3 Å². The van der Waals surface area contributed by atoms with E-state index in [4.69, 9.17) is 0 Å². The minimum atomic E-state index is -0.284. The van der Waals surface area contributed by atoms with E-state index in [-0.39, 0.29) is 18.0 Å². The molecule has 0 aliphatic carbocycles. The lowest BCUT2D eigenvalue weighted by molar-refractivity contribution is -0.116. The number of hydrogen-bond donors (Lipinski definition) is 1. The maximum atomic E-state index is 12.0. The normalized spacial score (nSPS) is 10.5. The largest absolute Gasteiger partial charge is 0.325 e. The summed E-state index contributed by atoms with van der Waals surface area (Å²) in [5, 5.41) is 3.69. The Morgan fingerprint density at radius 3 is 2.95 bits per heavy atom. The molecule has 0 saturated heterocycles.